The highest BCUT2D eigenvalue weighted by Crippen LogP contribution is 2.59. The Morgan fingerprint density at radius 3 is 2.61 bits per heavy atom. The van der Waals surface area contributed by atoms with E-state index in [-0.39, 0.29) is 18.1 Å². The molecule has 1 aliphatic rings. The normalized spacial score (nSPS) is 28.5. The zero-order chi connectivity index (χ0) is 13.2. The van der Waals surface area contributed by atoms with Crippen LogP contribution in [0.4, 0.5) is 0 Å². The Labute approximate surface area is 108 Å². The Hall–Kier alpha value is -0.670. The van der Waals surface area contributed by atoms with Crippen molar-refractivity contribution >= 4 is 7.82 Å². The van der Waals surface area contributed by atoms with Crippen LogP contribution in [-0.4, -0.2) is 13.2 Å². The summed E-state index contributed by atoms with van der Waals surface area (Å²) in [5, 5.41) is 0. The van der Waals surface area contributed by atoms with E-state index >= 15 is 0 Å². The highest BCUT2D eigenvalue weighted by molar-refractivity contribution is 7.48. The summed E-state index contributed by atoms with van der Waals surface area (Å²) in [5.74, 6) is 0. The topological polar surface area (TPSA) is 44.8 Å². The van der Waals surface area contributed by atoms with Crippen LogP contribution < -0.4 is 0 Å². The molecule has 0 saturated carbocycles. The molecule has 1 fully saturated rings. The molecule has 1 aromatic rings. The molecule has 0 aromatic heterocycles. The number of phosphoric acid groups is 1. The number of phosphoric ester groups is 1. The lowest BCUT2D eigenvalue weighted by molar-refractivity contribution is 0.128. The Bertz CT molecular complexity index is 438. The molecule has 1 saturated heterocycles. The van der Waals surface area contributed by atoms with Crippen LogP contribution in [0.25, 0.3) is 0 Å². The van der Waals surface area contributed by atoms with Gasteiger partial charge >= 0.3 is 7.82 Å². The molecule has 0 aliphatic carbocycles. The van der Waals surface area contributed by atoms with E-state index in [1.165, 1.54) is 0 Å². The van der Waals surface area contributed by atoms with Crippen LogP contribution in [0.1, 0.15) is 32.4 Å². The summed E-state index contributed by atoms with van der Waals surface area (Å²) in [6.07, 6.45) is -0.308. The van der Waals surface area contributed by atoms with Crippen LogP contribution in [0, 0.1) is 5.41 Å². The lowest BCUT2D eigenvalue weighted by Gasteiger charge is -2.20. The second-order valence-electron chi connectivity index (χ2n) is 5.58. The van der Waals surface area contributed by atoms with Gasteiger partial charge in [-0.2, -0.15) is 0 Å². The summed E-state index contributed by atoms with van der Waals surface area (Å²) in [4.78, 5) is 0. The van der Waals surface area contributed by atoms with E-state index in [2.05, 4.69) is 0 Å². The van der Waals surface area contributed by atoms with Gasteiger partial charge in [-0.15, -0.1) is 0 Å². The van der Waals surface area contributed by atoms with Crippen LogP contribution in [0.3, 0.4) is 0 Å². The van der Waals surface area contributed by atoms with Gasteiger partial charge in [0.05, 0.1) is 13.2 Å². The van der Waals surface area contributed by atoms with Crippen molar-refractivity contribution in [1.29, 1.82) is 0 Å². The summed E-state index contributed by atoms with van der Waals surface area (Å²) in [7, 11) is -3.39. The molecule has 2 unspecified atom stereocenters. The van der Waals surface area contributed by atoms with E-state index < -0.39 is 7.82 Å². The molecule has 5 heteroatoms. The summed E-state index contributed by atoms with van der Waals surface area (Å²) in [6.45, 7) is 6.62. The van der Waals surface area contributed by atoms with Crippen molar-refractivity contribution in [2.24, 2.45) is 5.41 Å². The molecule has 0 spiro atoms. The zero-order valence-corrected chi connectivity index (χ0v) is 11.9. The fourth-order valence-electron chi connectivity index (χ4n) is 1.54. The molecule has 0 N–H and O–H groups in total. The van der Waals surface area contributed by atoms with E-state index in [9.17, 15) is 4.57 Å². The van der Waals surface area contributed by atoms with Crippen molar-refractivity contribution in [3.63, 3.8) is 0 Å². The van der Waals surface area contributed by atoms with Gasteiger partial charge in [0.15, 0.2) is 0 Å². The molecule has 0 radical (unpaired) electrons. The van der Waals surface area contributed by atoms with Crippen LogP contribution in [0.5, 0.6) is 0 Å². The van der Waals surface area contributed by atoms with Crippen LogP contribution >= 0.6 is 7.82 Å². The minimum absolute atomic E-state index is 0.0744. The van der Waals surface area contributed by atoms with Crippen LogP contribution in [-0.2, 0) is 18.1 Å². The van der Waals surface area contributed by atoms with Crippen LogP contribution in [0.15, 0.2) is 30.3 Å². The number of hydrogen-bond donors (Lipinski definition) is 0. The van der Waals surface area contributed by atoms with Gasteiger partial charge in [-0.05, 0) is 11.0 Å². The maximum absolute atomic E-state index is 12.2. The van der Waals surface area contributed by atoms with Crippen molar-refractivity contribution in [2.75, 3.05) is 13.2 Å². The Morgan fingerprint density at radius 1 is 1.33 bits per heavy atom. The highest BCUT2D eigenvalue weighted by atomic mass is 31.2. The molecule has 2 atom stereocenters. The minimum Gasteiger partial charge on any atom is -0.286 e. The van der Waals surface area contributed by atoms with Crippen molar-refractivity contribution in [1.82, 2.24) is 0 Å². The third kappa shape index (κ3) is 3.66. The van der Waals surface area contributed by atoms with Gasteiger partial charge in [-0.3, -0.25) is 13.6 Å². The maximum atomic E-state index is 12.2. The first-order valence-corrected chi connectivity index (χ1v) is 7.47. The summed E-state index contributed by atoms with van der Waals surface area (Å²) in [6, 6.07) is 9.60. The average molecular weight is 270 g/mol. The molecule has 0 bridgehead atoms. The van der Waals surface area contributed by atoms with Gasteiger partial charge in [0.1, 0.15) is 6.10 Å². The molecule has 1 heterocycles. The van der Waals surface area contributed by atoms with E-state index in [1.54, 1.807) is 0 Å². The average Bonchev–Trinajstić information content (AvgIpc) is 2.71. The largest absolute Gasteiger partial charge is 0.475 e. The molecule has 2 rings (SSSR count). The Balaban J connectivity index is 1.97. The molecule has 0 amide bonds. The molecule has 18 heavy (non-hydrogen) atoms. The first-order chi connectivity index (χ1) is 8.38. The predicted molar refractivity (Wildman–Crippen MR) is 69.2 cm³/mol. The quantitative estimate of drug-likeness (QED) is 0.780. The zero-order valence-electron chi connectivity index (χ0n) is 11.0. The van der Waals surface area contributed by atoms with Crippen molar-refractivity contribution in [3.05, 3.63) is 35.9 Å². The van der Waals surface area contributed by atoms with Crippen LogP contribution in [0.2, 0.25) is 0 Å². The minimum atomic E-state index is -3.39. The molecule has 4 nitrogen and oxygen atoms in total. The van der Waals surface area contributed by atoms with Gasteiger partial charge in [0.25, 0.3) is 0 Å². The SMILES string of the molecule is CC(C)(C)COP1(=O)OCC(c2ccccc2)O1. The summed E-state index contributed by atoms with van der Waals surface area (Å²) in [5.41, 5.74) is 0.879. The second kappa shape index (κ2) is 5.14. The van der Waals surface area contributed by atoms with E-state index in [1.807, 2.05) is 51.1 Å². The van der Waals surface area contributed by atoms with Gasteiger partial charge < -0.3 is 0 Å². The van der Waals surface area contributed by atoms with Crippen molar-refractivity contribution in [2.45, 2.75) is 26.9 Å². The molecule has 100 valence electrons. The van der Waals surface area contributed by atoms with Gasteiger partial charge in [-0.1, -0.05) is 51.1 Å². The standard InChI is InChI=1S/C13H19O4P/c1-13(2,3)10-16-18(14)15-9-12(17-18)11-7-5-4-6-8-11/h4-8,12H,9-10H2,1-3H3. The van der Waals surface area contributed by atoms with Gasteiger partial charge in [-0.25, -0.2) is 4.57 Å². The van der Waals surface area contributed by atoms with E-state index in [0.29, 0.717) is 6.61 Å². The fourth-order valence-corrected chi connectivity index (χ4v) is 3.09. The van der Waals surface area contributed by atoms with E-state index in [0.717, 1.165) is 5.56 Å². The lowest BCUT2D eigenvalue weighted by Crippen LogP contribution is -2.13. The molecule has 1 aromatic carbocycles. The third-order valence-corrected chi connectivity index (χ3v) is 3.89. The Morgan fingerprint density at radius 2 is 2.00 bits per heavy atom. The maximum Gasteiger partial charge on any atom is 0.475 e. The highest BCUT2D eigenvalue weighted by Gasteiger charge is 2.40. The van der Waals surface area contributed by atoms with Gasteiger partial charge in [0, 0.05) is 0 Å². The fraction of sp³-hybridized carbons (Fsp3) is 0.538. The molecular formula is C13H19O4P. The monoisotopic (exact) mass is 270 g/mol. The summed E-state index contributed by atoms with van der Waals surface area (Å²) >= 11 is 0. The third-order valence-electron chi connectivity index (χ3n) is 2.47. The number of rotatable bonds is 3. The first-order valence-electron chi connectivity index (χ1n) is 6.00. The smallest absolute Gasteiger partial charge is 0.286 e. The van der Waals surface area contributed by atoms with E-state index in [4.69, 9.17) is 13.6 Å². The molecule has 1 aliphatic heterocycles. The lowest BCUT2D eigenvalue weighted by atomic mass is 9.99. The summed E-state index contributed by atoms with van der Waals surface area (Å²) < 4.78 is 28.2. The second-order valence-corrected chi connectivity index (χ2v) is 7.20. The van der Waals surface area contributed by atoms with Gasteiger partial charge in [0.2, 0.25) is 0 Å². The van der Waals surface area contributed by atoms with Crippen molar-refractivity contribution < 1.29 is 18.1 Å². The predicted octanol–water partition coefficient (Wildman–Crippen LogP) is 3.95. The first kappa shape index (κ1) is 13.8. The number of benzene rings is 1. The molecular weight excluding hydrogens is 251 g/mol. The van der Waals surface area contributed by atoms with Crippen molar-refractivity contribution in [3.8, 4) is 0 Å². The Kier molecular flexibility index (Phi) is 3.93. The number of hydrogen-bond acceptors (Lipinski definition) is 4.